The van der Waals surface area contributed by atoms with Crippen molar-refractivity contribution in [3.63, 3.8) is 0 Å². The van der Waals surface area contributed by atoms with E-state index in [0.717, 1.165) is 36.1 Å². The Kier molecular flexibility index (Phi) is 4.81. The van der Waals surface area contributed by atoms with Gasteiger partial charge in [-0.25, -0.2) is 9.97 Å². The lowest BCUT2D eigenvalue weighted by molar-refractivity contribution is 0.153. The fourth-order valence-electron chi connectivity index (χ4n) is 4.72. The third kappa shape index (κ3) is 3.56. The SMILES string of the molecule is CN1CCN(CCCc2nc3c(C4CC4)nc4cc(-c5ccn[nH]5)sc4c3n2C)CC1. The number of nitrogens with zero attached hydrogens (tertiary/aromatic N) is 6. The number of likely N-dealkylation sites (N-methyl/N-ethyl adjacent to an activating group) is 1. The molecule has 31 heavy (non-hydrogen) atoms. The molecular weight excluding hydrogens is 406 g/mol. The van der Waals surface area contributed by atoms with Gasteiger partial charge in [0.25, 0.3) is 0 Å². The lowest BCUT2D eigenvalue weighted by Gasteiger charge is -2.32. The van der Waals surface area contributed by atoms with Gasteiger partial charge in [-0.15, -0.1) is 11.3 Å². The molecule has 1 N–H and O–H groups in total. The van der Waals surface area contributed by atoms with E-state index in [1.807, 2.05) is 6.07 Å². The molecule has 0 unspecified atom stereocenters. The van der Waals surface area contributed by atoms with Gasteiger partial charge in [-0.1, -0.05) is 0 Å². The van der Waals surface area contributed by atoms with Crippen molar-refractivity contribution < 1.29 is 0 Å². The molecule has 8 heteroatoms. The molecule has 1 aliphatic carbocycles. The van der Waals surface area contributed by atoms with Crippen LogP contribution >= 0.6 is 11.3 Å². The number of nitrogens with one attached hydrogen (secondary N) is 1. The van der Waals surface area contributed by atoms with Gasteiger partial charge < -0.3 is 14.4 Å². The van der Waals surface area contributed by atoms with Crippen molar-refractivity contribution in [3.05, 3.63) is 29.8 Å². The predicted octanol–water partition coefficient (Wildman–Crippen LogP) is 3.63. The zero-order valence-corrected chi connectivity index (χ0v) is 19.1. The number of hydrogen-bond acceptors (Lipinski definition) is 6. The summed E-state index contributed by atoms with van der Waals surface area (Å²) in [5, 5.41) is 7.22. The number of H-pyrrole nitrogens is 1. The van der Waals surface area contributed by atoms with Crippen LogP contribution in [0.4, 0.5) is 0 Å². The molecule has 0 atom stereocenters. The first-order valence-electron chi connectivity index (χ1n) is 11.4. The van der Waals surface area contributed by atoms with Gasteiger partial charge in [0.1, 0.15) is 11.3 Å². The Balaban J connectivity index is 1.33. The summed E-state index contributed by atoms with van der Waals surface area (Å²) >= 11 is 1.79. The number of fused-ring (bicyclic) bond motifs is 3. The second-order valence-corrected chi connectivity index (χ2v) is 10.2. The van der Waals surface area contributed by atoms with Gasteiger partial charge in [-0.05, 0) is 45.0 Å². The minimum absolute atomic E-state index is 0.579. The lowest BCUT2D eigenvalue weighted by atomic mass is 10.2. The van der Waals surface area contributed by atoms with Crippen molar-refractivity contribution in [2.24, 2.45) is 7.05 Å². The van der Waals surface area contributed by atoms with E-state index >= 15 is 0 Å². The van der Waals surface area contributed by atoms with Crippen LogP contribution in [-0.2, 0) is 13.5 Å². The number of imidazole rings is 1. The fourth-order valence-corrected chi connectivity index (χ4v) is 5.88. The third-order valence-electron chi connectivity index (χ3n) is 6.80. The Morgan fingerprint density at radius 2 is 1.97 bits per heavy atom. The number of piperazine rings is 1. The highest BCUT2D eigenvalue weighted by Crippen LogP contribution is 2.45. The zero-order chi connectivity index (χ0) is 20.9. The van der Waals surface area contributed by atoms with Crippen LogP contribution in [0.15, 0.2) is 18.3 Å². The van der Waals surface area contributed by atoms with E-state index in [4.69, 9.17) is 9.97 Å². The summed E-state index contributed by atoms with van der Waals surface area (Å²) < 4.78 is 3.58. The minimum atomic E-state index is 0.579. The first-order valence-corrected chi connectivity index (χ1v) is 12.2. The molecule has 0 amide bonds. The molecule has 0 spiro atoms. The van der Waals surface area contributed by atoms with Gasteiger partial charge in [0.15, 0.2) is 0 Å². The molecule has 7 nitrogen and oxygen atoms in total. The number of hydrogen-bond donors (Lipinski definition) is 1. The average Bonchev–Trinajstić information content (AvgIpc) is 3.17. The fraction of sp³-hybridized carbons (Fsp3) is 0.522. The van der Waals surface area contributed by atoms with Crippen LogP contribution in [0.3, 0.4) is 0 Å². The molecule has 0 aromatic carbocycles. The van der Waals surface area contributed by atoms with Gasteiger partial charge >= 0.3 is 0 Å². The first kappa shape index (κ1) is 19.4. The number of pyridine rings is 1. The summed E-state index contributed by atoms with van der Waals surface area (Å²) in [6.07, 6.45) is 6.45. The summed E-state index contributed by atoms with van der Waals surface area (Å²) in [6.45, 7) is 5.88. The summed E-state index contributed by atoms with van der Waals surface area (Å²) in [5.74, 6) is 1.77. The molecule has 6 rings (SSSR count). The lowest BCUT2D eigenvalue weighted by Crippen LogP contribution is -2.44. The van der Waals surface area contributed by atoms with Crippen LogP contribution in [0.2, 0.25) is 0 Å². The normalized spacial score (nSPS) is 18.5. The Labute approximate surface area is 186 Å². The van der Waals surface area contributed by atoms with E-state index in [-0.39, 0.29) is 0 Å². The van der Waals surface area contributed by atoms with Gasteiger partial charge in [0.05, 0.1) is 32.0 Å². The highest BCUT2D eigenvalue weighted by atomic mass is 32.1. The highest BCUT2D eigenvalue weighted by molar-refractivity contribution is 7.23. The third-order valence-corrected chi connectivity index (χ3v) is 7.96. The summed E-state index contributed by atoms with van der Waals surface area (Å²) in [6, 6.07) is 4.23. The number of aryl methyl sites for hydroxylation is 2. The molecule has 1 aliphatic heterocycles. The second kappa shape index (κ2) is 7.69. The molecule has 1 saturated heterocycles. The van der Waals surface area contributed by atoms with Crippen molar-refractivity contribution in [2.45, 2.75) is 31.6 Å². The van der Waals surface area contributed by atoms with Crippen LogP contribution in [0.25, 0.3) is 31.8 Å². The smallest absolute Gasteiger partial charge is 0.112 e. The topological polar surface area (TPSA) is 65.9 Å². The molecule has 0 radical (unpaired) electrons. The van der Waals surface area contributed by atoms with Crippen molar-refractivity contribution in [2.75, 3.05) is 39.8 Å². The van der Waals surface area contributed by atoms with E-state index < -0.39 is 0 Å². The van der Waals surface area contributed by atoms with Gasteiger partial charge in [0, 0.05) is 51.8 Å². The molecular formula is C23H29N7S. The van der Waals surface area contributed by atoms with Crippen molar-refractivity contribution in [3.8, 4) is 10.6 Å². The Hall–Kier alpha value is -2.29. The van der Waals surface area contributed by atoms with Crippen molar-refractivity contribution in [1.82, 2.24) is 34.5 Å². The Bertz CT molecular complexity index is 1210. The number of thiophene rings is 1. The minimum Gasteiger partial charge on any atom is -0.330 e. The van der Waals surface area contributed by atoms with Crippen LogP contribution in [0.5, 0.6) is 0 Å². The summed E-state index contributed by atoms with van der Waals surface area (Å²) in [4.78, 5) is 16.4. The maximum Gasteiger partial charge on any atom is 0.112 e. The van der Waals surface area contributed by atoms with Crippen LogP contribution in [-0.4, -0.2) is 74.3 Å². The maximum absolute atomic E-state index is 5.15. The van der Waals surface area contributed by atoms with E-state index in [9.17, 15) is 0 Å². The summed E-state index contributed by atoms with van der Waals surface area (Å²) in [5.41, 5.74) is 5.74. The average molecular weight is 436 g/mol. The maximum atomic E-state index is 5.15. The van der Waals surface area contributed by atoms with Gasteiger partial charge in [-0.3, -0.25) is 5.10 Å². The van der Waals surface area contributed by atoms with Crippen LogP contribution in [0, 0.1) is 0 Å². The molecule has 162 valence electrons. The number of rotatable bonds is 6. The largest absolute Gasteiger partial charge is 0.330 e. The molecule has 2 aliphatic rings. The quantitative estimate of drug-likeness (QED) is 0.501. The Morgan fingerprint density at radius 3 is 2.71 bits per heavy atom. The van der Waals surface area contributed by atoms with Gasteiger partial charge in [-0.2, -0.15) is 5.10 Å². The second-order valence-electron chi connectivity index (χ2n) is 9.10. The van der Waals surface area contributed by atoms with Gasteiger partial charge in [0.2, 0.25) is 0 Å². The molecule has 1 saturated carbocycles. The number of aromatic amines is 1. The monoisotopic (exact) mass is 435 g/mol. The van der Waals surface area contributed by atoms with Crippen molar-refractivity contribution in [1.29, 1.82) is 0 Å². The highest BCUT2D eigenvalue weighted by Gasteiger charge is 2.30. The first-order chi connectivity index (χ1) is 15.2. The molecule has 4 aromatic rings. The van der Waals surface area contributed by atoms with Crippen LogP contribution < -0.4 is 0 Å². The standard InChI is InChI=1S/C23H29N7S/c1-28-10-12-30(13-11-28)9-3-4-19-26-21-20(15-5-6-15)25-17-14-18(16-7-8-24-27-16)31-23(17)22(21)29(19)2/h7-8,14-15H,3-6,9-13H2,1-2H3,(H,24,27). The van der Waals surface area contributed by atoms with E-state index in [1.54, 1.807) is 17.5 Å². The molecule has 2 fully saturated rings. The molecule has 4 aromatic heterocycles. The zero-order valence-electron chi connectivity index (χ0n) is 18.3. The molecule has 0 bridgehead atoms. The Morgan fingerprint density at radius 1 is 1.13 bits per heavy atom. The van der Waals surface area contributed by atoms with E-state index in [1.165, 1.54) is 65.6 Å². The number of aromatic nitrogens is 5. The van der Waals surface area contributed by atoms with E-state index in [2.05, 4.69) is 44.7 Å². The molecule has 5 heterocycles. The summed E-state index contributed by atoms with van der Waals surface area (Å²) in [7, 11) is 4.40. The van der Waals surface area contributed by atoms with E-state index in [0.29, 0.717) is 5.92 Å². The van der Waals surface area contributed by atoms with Crippen LogP contribution in [0.1, 0.15) is 36.7 Å². The predicted molar refractivity (Wildman–Crippen MR) is 126 cm³/mol. The van der Waals surface area contributed by atoms with Crippen molar-refractivity contribution >= 4 is 32.6 Å².